The number of nitrogens with zero attached hydrogens (tertiary/aromatic N) is 1. The van der Waals surface area contributed by atoms with Gasteiger partial charge in [-0.2, -0.15) is 5.10 Å². The summed E-state index contributed by atoms with van der Waals surface area (Å²) in [4.78, 5) is 10.3. The highest BCUT2D eigenvalue weighted by Crippen LogP contribution is 2.19. The number of carbonyl (C=O) groups is 1. The molecule has 1 aromatic carbocycles. The second kappa shape index (κ2) is 4.27. The largest absolute Gasteiger partial charge is 0.508 e. The number of nitrogens with two attached hydrogens (primary N) is 1. The van der Waals surface area contributed by atoms with Gasteiger partial charge < -0.3 is 10.8 Å². The number of aryl methyl sites for hydroxylation is 1. The van der Waals surface area contributed by atoms with Crippen LogP contribution >= 0.6 is 0 Å². The topological polar surface area (TPSA) is 87.7 Å². The van der Waals surface area contributed by atoms with Crippen LogP contribution in [0, 0.1) is 6.92 Å². The number of amides is 1. The van der Waals surface area contributed by atoms with Gasteiger partial charge in [0.05, 0.1) is 5.69 Å². The smallest absolute Gasteiger partial charge is 0.261 e. The Balaban J connectivity index is 2.69. The summed E-state index contributed by atoms with van der Waals surface area (Å²) >= 11 is 0. The van der Waals surface area contributed by atoms with Crippen molar-refractivity contribution in [3.8, 4) is 5.75 Å². The fraction of sp³-hybridized carbons (Fsp3) is 0.111. The van der Waals surface area contributed by atoms with Crippen molar-refractivity contribution in [2.24, 2.45) is 10.8 Å². The van der Waals surface area contributed by atoms with Crippen molar-refractivity contribution in [3.63, 3.8) is 0 Å². The third kappa shape index (κ3) is 2.78. The van der Waals surface area contributed by atoms with E-state index in [0.717, 1.165) is 11.8 Å². The van der Waals surface area contributed by atoms with Gasteiger partial charge in [0.1, 0.15) is 12.0 Å². The Kier molecular flexibility index (Phi) is 3.06. The van der Waals surface area contributed by atoms with Crippen molar-refractivity contribution in [3.05, 3.63) is 23.8 Å². The standard InChI is InChI=1S/C9H11N3O2/c1-6-4-7(2-3-8(6)13)12-11-5-9(10)14/h2-5,12-13H,1H3,(H2,10,14)/b11-5+. The molecule has 0 radical (unpaired) electrons. The number of hydrogen-bond donors (Lipinski definition) is 3. The van der Waals surface area contributed by atoms with Crippen molar-refractivity contribution in [1.29, 1.82) is 0 Å². The summed E-state index contributed by atoms with van der Waals surface area (Å²) in [5.74, 6) is -0.401. The Morgan fingerprint density at radius 1 is 1.64 bits per heavy atom. The van der Waals surface area contributed by atoms with Crippen LogP contribution in [0.1, 0.15) is 5.56 Å². The van der Waals surface area contributed by atoms with Crippen LogP contribution in [0.4, 0.5) is 5.69 Å². The molecule has 0 aliphatic heterocycles. The molecule has 0 spiro atoms. The Morgan fingerprint density at radius 3 is 2.93 bits per heavy atom. The van der Waals surface area contributed by atoms with Gasteiger partial charge in [-0.25, -0.2) is 0 Å². The van der Waals surface area contributed by atoms with Crippen molar-refractivity contribution >= 4 is 17.8 Å². The van der Waals surface area contributed by atoms with E-state index in [-0.39, 0.29) is 5.75 Å². The summed E-state index contributed by atoms with van der Waals surface area (Å²) in [5.41, 5.74) is 8.85. The quantitative estimate of drug-likeness (QED) is 0.373. The zero-order valence-corrected chi connectivity index (χ0v) is 7.69. The fourth-order valence-electron chi connectivity index (χ4n) is 0.895. The van der Waals surface area contributed by atoms with Gasteiger partial charge in [-0.05, 0) is 30.7 Å². The minimum Gasteiger partial charge on any atom is -0.508 e. The molecule has 0 unspecified atom stereocenters. The van der Waals surface area contributed by atoms with Crippen LogP contribution in [0.25, 0.3) is 0 Å². The Morgan fingerprint density at radius 2 is 2.36 bits per heavy atom. The maximum Gasteiger partial charge on any atom is 0.261 e. The molecule has 0 bridgehead atoms. The zero-order chi connectivity index (χ0) is 10.6. The normalized spacial score (nSPS) is 10.4. The second-order valence-corrected chi connectivity index (χ2v) is 2.77. The Hall–Kier alpha value is -2.04. The number of rotatable bonds is 3. The molecule has 0 saturated heterocycles. The summed E-state index contributed by atoms with van der Waals surface area (Å²) in [5, 5.41) is 12.8. The molecule has 0 aromatic heterocycles. The number of hydrazone groups is 1. The zero-order valence-electron chi connectivity index (χ0n) is 7.69. The van der Waals surface area contributed by atoms with E-state index in [2.05, 4.69) is 10.5 Å². The van der Waals surface area contributed by atoms with E-state index in [1.54, 1.807) is 19.1 Å². The Bertz CT molecular complexity index is 374. The summed E-state index contributed by atoms with van der Waals surface area (Å²) < 4.78 is 0. The van der Waals surface area contributed by atoms with Gasteiger partial charge in [-0.3, -0.25) is 10.2 Å². The molecular formula is C9H11N3O2. The van der Waals surface area contributed by atoms with E-state index >= 15 is 0 Å². The van der Waals surface area contributed by atoms with Gasteiger partial charge in [-0.1, -0.05) is 0 Å². The number of primary amides is 1. The number of carbonyl (C=O) groups excluding carboxylic acids is 1. The molecule has 0 fully saturated rings. The van der Waals surface area contributed by atoms with Crippen LogP contribution in [-0.2, 0) is 4.79 Å². The van der Waals surface area contributed by atoms with E-state index < -0.39 is 5.91 Å². The lowest BCUT2D eigenvalue weighted by molar-refractivity contribution is -0.111. The van der Waals surface area contributed by atoms with Crippen molar-refractivity contribution in [2.75, 3.05) is 5.43 Å². The molecule has 0 saturated carbocycles. The number of nitrogens with one attached hydrogen (secondary N) is 1. The highest BCUT2D eigenvalue weighted by molar-refractivity contribution is 6.25. The Labute approximate surface area is 81.2 Å². The molecular weight excluding hydrogens is 182 g/mol. The maximum atomic E-state index is 10.3. The van der Waals surface area contributed by atoms with Gasteiger partial charge in [0, 0.05) is 0 Å². The fourth-order valence-corrected chi connectivity index (χ4v) is 0.895. The SMILES string of the molecule is Cc1cc(N/N=C/C(N)=O)ccc1O. The summed E-state index contributed by atoms with van der Waals surface area (Å²) in [6, 6.07) is 4.88. The molecule has 1 rings (SSSR count). The second-order valence-electron chi connectivity index (χ2n) is 2.77. The molecule has 0 aliphatic rings. The highest BCUT2D eigenvalue weighted by Gasteiger charge is 1.96. The lowest BCUT2D eigenvalue weighted by Gasteiger charge is -2.02. The third-order valence-electron chi connectivity index (χ3n) is 1.58. The van der Waals surface area contributed by atoms with Crippen LogP contribution in [0.5, 0.6) is 5.75 Å². The minimum atomic E-state index is -0.618. The van der Waals surface area contributed by atoms with E-state index in [4.69, 9.17) is 5.73 Å². The molecule has 4 N–H and O–H groups in total. The van der Waals surface area contributed by atoms with Gasteiger partial charge in [0.25, 0.3) is 5.91 Å². The van der Waals surface area contributed by atoms with Crippen LogP contribution in [0.2, 0.25) is 0 Å². The molecule has 0 aliphatic carbocycles. The first-order chi connectivity index (χ1) is 6.59. The first-order valence-corrected chi connectivity index (χ1v) is 3.97. The molecule has 5 nitrogen and oxygen atoms in total. The number of phenolic OH excluding ortho intramolecular Hbond substituents is 1. The first-order valence-electron chi connectivity index (χ1n) is 3.97. The molecule has 74 valence electrons. The van der Waals surface area contributed by atoms with Crippen molar-refractivity contribution < 1.29 is 9.90 Å². The van der Waals surface area contributed by atoms with Crippen molar-refractivity contribution in [1.82, 2.24) is 0 Å². The number of aromatic hydroxyl groups is 1. The monoisotopic (exact) mass is 193 g/mol. The molecule has 1 aromatic rings. The molecule has 0 heterocycles. The number of hydrogen-bond acceptors (Lipinski definition) is 4. The van der Waals surface area contributed by atoms with Gasteiger partial charge >= 0.3 is 0 Å². The van der Waals surface area contributed by atoms with Gasteiger partial charge in [0.15, 0.2) is 0 Å². The average Bonchev–Trinajstić information content (AvgIpc) is 2.10. The van der Waals surface area contributed by atoms with Crippen LogP contribution in [0.3, 0.4) is 0 Å². The summed E-state index contributed by atoms with van der Waals surface area (Å²) in [6.45, 7) is 1.76. The van der Waals surface area contributed by atoms with Crippen LogP contribution < -0.4 is 11.2 Å². The number of anilines is 1. The lowest BCUT2D eigenvalue weighted by atomic mass is 10.2. The van der Waals surface area contributed by atoms with E-state index in [9.17, 15) is 9.90 Å². The van der Waals surface area contributed by atoms with Gasteiger partial charge in [0.2, 0.25) is 0 Å². The predicted octanol–water partition coefficient (Wildman–Crippen LogP) is 0.584. The van der Waals surface area contributed by atoms with Gasteiger partial charge in [-0.15, -0.1) is 0 Å². The molecule has 1 amide bonds. The minimum absolute atomic E-state index is 0.217. The predicted molar refractivity (Wildman–Crippen MR) is 54.2 cm³/mol. The van der Waals surface area contributed by atoms with E-state index in [0.29, 0.717) is 5.69 Å². The van der Waals surface area contributed by atoms with Crippen LogP contribution in [0.15, 0.2) is 23.3 Å². The first kappa shape index (κ1) is 10.0. The van der Waals surface area contributed by atoms with Crippen LogP contribution in [-0.4, -0.2) is 17.2 Å². The van der Waals surface area contributed by atoms with Crippen molar-refractivity contribution in [2.45, 2.75) is 6.92 Å². The summed E-state index contributed by atoms with van der Waals surface area (Å²) in [7, 11) is 0. The van der Waals surface area contributed by atoms with E-state index in [1.165, 1.54) is 6.07 Å². The molecule has 14 heavy (non-hydrogen) atoms. The number of benzene rings is 1. The maximum absolute atomic E-state index is 10.3. The molecule has 5 heteroatoms. The van der Waals surface area contributed by atoms with E-state index in [1.807, 2.05) is 0 Å². The highest BCUT2D eigenvalue weighted by atomic mass is 16.3. The lowest BCUT2D eigenvalue weighted by Crippen LogP contribution is -2.12. The molecule has 0 atom stereocenters. The number of phenols is 1. The average molecular weight is 193 g/mol. The third-order valence-corrected chi connectivity index (χ3v) is 1.58. The summed E-state index contributed by atoms with van der Waals surface area (Å²) in [6.07, 6.45) is 0.974.